The van der Waals surface area contributed by atoms with Crippen molar-refractivity contribution in [1.82, 2.24) is 5.43 Å². The SMILES string of the molecule is COc1ccc(/C=N/NC(=O)COc2ccc(C)cc2)c(C)c1C. The third-order valence-corrected chi connectivity index (χ3v) is 3.78. The van der Waals surface area contributed by atoms with E-state index in [1.54, 1.807) is 13.3 Å². The van der Waals surface area contributed by atoms with Gasteiger partial charge in [-0.1, -0.05) is 17.7 Å². The number of benzene rings is 2. The third kappa shape index (κ3) is 4.59. The van der Waals surface area contributed by atoms with Crippen LogP contribution in [0.5, 0.6) is 11.5 Å². The van der Waals surface area contributed by atoms with E-state index in [0.717, 1.165) is 28.0 Å². The van der Waals surface area contributed by atoms with Crippen LogP contribution >= 0.6 is 0 Å². The summed E-state index contributed by atoms with van der Waals surface area (Å²) in [6.45, 7) is 5.89. The van der Waals surface area contributed by atoms with E-state index in [-0.39, 0.29) is 12.5 Å². The van der Waals surface area contributed by atoms with Gasteiger partial charge in [-0.15, -0.1) is 0 Å². The molecule has 1 amide bonds. The van der Waals surface area contributed by atoms with Crippen LogP contribution in [0.4, 0.5) is 0 Å². The summed E-state index contributed by atoms with van der Waals surface area (Å²) in [5.41, 5.74) is 6.64. The highest BCUT2D eigenvalue weighted by atomic mass is 16.5. The summed E-state index contributed by atoms with van der Waals surface area (Å²) in [6, 6.07) is 11.3. The molecule has 0 saturated heterocycles. The highest BCUT2D eigenvalue weighted by Gasteiger charge is 2.05. The molecule has 0 fully saturated rings. The molecule has 0 radical (unpaired) electrons. The summed E-state index contributed by atoms with van der Waals surface area (Å²) in [5, 5.41) is 3.98. The Bertz CT molecular complexity index is 737. The second-order valence-corrected chi connectivity index (χ2v) is 5.50. The number of hydrogen-bond donors (Lipinski definition) is 1. The minimum Gasteiger partial charge on any atom is -0.496 e. The first kappa shape index (κ1) is 17.5. The van der Waals surface area contributed by atoms with Crippen LogP contribution in [0, 0.1) is 20.8 Å². The molecule has 2 aromatic rings. The first-order valence-corrected chi connectivity index (χ1v) is 7.67. The van der Waals surface area contributed by atoms with E-state index in [2.05, 4.69) is 10.5 Å². The summed E-state index contributed by atoms with van der Waals surface area (Å²) in [7, 11) is 1.64. The van der Waals surface area contributed by atoms with Gasteiger partial charge in [0.05, 0.1) is 13.3 Å². The zero-order chi connectivity index (χ0) is 17.5. The van der Waals surface area contributed by atoms with Gasteiger partial charge in [0.15, 0.2) is 6.61 Å². The van der Waals surface area contributed by atoms with Crippen molar-refractivity contribution in [2.45, 2.75) is 20.8 Å². The number of hydrazone groups is 1. The van der Waals surface area contributed by atoms with Crippen LogP contribution in [-0.2, 0) is 4.79 Å². The van der Waals surface area contributed by atoms with Gasteiger partial charge in [-0.25, -0.2) is 5.43 Å². The molecule has 2 aromatic carbocycles. The zero-order valence-electron chi connectivity index (χ0n) is 14.4. The Balaban J connectivity index is 1.88. The monoisotopic (exact) mass is 326 g/mol. The normalized spacial score (nSPS) is 10.7. The number of ether oxygens (including phenoxy) is 2. The molecule has 0 unspecified atom stereocenters. The quantitative estimate of drug-likeness (QED) is 0.655. The number of amides is 1. The van der Waals surface area contributed by atoms with Gasteiger partial charge in [-0.3, -0.25) is 4.79 Å². The van der Waals surface area contributed by atoms with Crippen LogP contribution in [0.2, 0.25) is 0 Å². The number of nitrogens with zero attached hydrogens (tertiary/aromatic N) is 1. The second kappa shape index (κ2) is 8.15. The molecule has 5 nitrogen and oxygen atoms in total. The summed E-state index contributed by atoms with van der Waals surface area (Å²) in [6.07, 6.45) is 1.62. The smallest absolute Gasteiger partial charge is 0.277 e. The molecule has 0 aliphatic carbocycles. The summed E-state index contributed by atoms with van der Waals surface area (Å²) < 4.78 is 10.7. The van der Waals surface area contributed by atoms with Gasteiger partial charge in [0.2, 0.25) is 0 Å². The molecule has 5 heteroatoms. The minimum atomic E-state index is -0.310. The van der Waals surface area contributed by atoms with E-state index < -0.39 is 0 Å². The highest BCUT2D eigenvalue weighted by Crippen LogP contribution is 2.22. The van der Waals surface area contributed by atoms with Crippen LogP contribution in [0.1, 0.15) is 22.3 Å². The predicted molar refractivity (Wildman–Crippen MR) is 94.9 cm³/mol. The second-order valence-electron chi connectivity index (χ2n) is 5.50. The van der Waals surface area contributed by atoms with Crippen molar-refractivity contribution in [3.8, 4) is 11.5 Å². The van der Waals surface area contributed by atoms with Gasteiger partial charge in [0.25, 0.3) is 5.91 Å². The number of methoxy groups -OCH3 is 1. The molecule has 0 heterocycles. The molecule has 0 bridgehead atoms. The van der Waals surface area contributed by atoms with E-state index >= 15 is 0 Å². The molecule has 0 saturated carbocycles. The van der Waals surface area contributed by atoms with E-state index in [0.29, 0.717) is 5.75 Å². The first-order chi connectivity index (χ1) is 11.5. The number of nitrogens with one attached hydrogen (secondary N) is 1. The van der Waals surface area contributed by atoms with Crippen molar-refractivity contribution in [3.05, 3.63) is 58.7 Å². The number of carbonyl (C=O) groups is 1. The topological polar surface area (TPSA) is 59.9 Å². The Morgan fingerprint density at radius 3 is 2.46 bits per heavy atom. The highest BCUT2D eigenvalue weighted by molar-refractivity contribution is 5.85. The van der Waals surface area contributed by atoms with Gasteiger partial charge < -0.3 is 9.47 Å². The Morgan fingerprint density at radius 2 is 1.79 bits per heavy atom. The largest absolute Gasteiger partial charge is 0.496 e. The Kier molecular flexibility index (Phi) is 5.95. The standard InChI is InChI=1S/C19H22N2O3/c1-13-5-8-17(9-6-13)24-12-19(22)21-20-11-16-7-10-18(23-4)15(3)14(16)2/h5-11H,12H2,1-4H3,(H,21,22)/b20-11+. The van der Waals surface area contributed by atoms with Crippen LogP contribution in [0.3, 0.4) is 0 Å². The van der Waals surface area contributed by atoms with Gasteiger partial charge in [0.1, 0.15) is 11.5 Å². The van der Waals surface area contributed by atoms with Crippen molar-refractivity contribution in [2.75, 3.05) is 13.7 Å². The molecule has 0 aromatic heterocycles. The van der Waals surface area contributed by atoms with Gasteiger partial charge in [-0.05, 0) is 61.7 Å². The molecule has 0 spiro atoms. The molecular formula is C19H22N2O3. The fourth-order valence-corrected chi connectivity index (χ4v) is 2.17. The maximum Gasteiger partial charge on any atom is 0.277 e. The maximum atomic E-state index is 11.8. The van der Waals surface area contributed by atoms with E-state index in [1.807, 2.05) is 57.2 Å². The van der Waals surface area contributed by atoms with Crippen molar-refractivity contribution in [3.63, 3.8) is 0 Å². The molecule has 24 heavy (non-hydrogen) atoms. The number of hydrogen-bond acceptors (Lipinski definition) is 4. The van der Waals surface area contributed by atoms with Gasteiger partial charge in [-0.2, -0.15) is 5.10 Å². The summed E-state index contributed by atoms with van der Waals surface area (Å²) in [5.74, 6) is 1.18. The summed E-state index contributed by atoms with van der Waals surface area (Å²) >= 11 is 0. The van der Waals surface area contributed by atoms with Crippen molar-refractivity contribution in [1.29, 1.82) is 0 Å². The Morgan fingerprint density at radius 1 is 1.08 bits per heavy atom. The fraction of sp³-hybridized carbons (Fsp3) is 0.263. The molecule has 2 rings (SSSR count). The van der Waals surface area contributed by atoms with Gasteiger partial charge >= 0.3 is 0 Å². The van der Waals surface area contributed by atoms with Crippen molar-refractivity contribution in [2.24, 2.45) is 5.10 Å². The van der Waals surface area contributed by atoms with Crippen molar-refractivity contribution < 1.29 is 14.3 Å². The maximum absolute atomic E-state index is 11.8. The lowest BCUT2D eigenvalue weighted by Gasteiger charge is -2.09. The van der Waals surface area contributed by atoms with Gasteiger partial charge in [0, 0.05) is 0 Å². The molecule has 0 aliphatic heterocycles. The van der Waals surface area contributed by atoms with Crippen LogP contribution < -0.4 is 14.9 Å². The fourth-order valence-electron chi connectivity index (χ4n) is 2.17. The number of rotatable bonds is 6. The average Bonchev–Trinajstić information content (AvgIpc) is 2.58. The molecule has 0 atom stereocenters. The minimum absolute atomic E-state index is 0.0823. The Labute approximate surface area is 142 Å². The average molecular weight is 326 g/mol. The zero-order valence-corrected chi connectivity index (χ0v) is 14.4. The third-order valence-electron chi connectivity index (χ3n) is 3.78. The van der Waals surface area contributed by atoms with E-state index in [9.17, 15) is 4.79 Å². The first-order valence-electron chi connectivity index (χ1n) is 7.67. The number of aryl methyl sites for hydroxylation is 1. The molecular weight excluding hydrogens is 304 g/mol. The number of carbonyl (C=O) groups excluding carboxylic acids is 1. The van der Waals surface area contributed by atoms with Crippen molar-refractivity contribution >= 4 is 12.1 Å². The van der Waals surface area contributed by atoms with E-state index in [1.165, 1.54) is 0 Å². The van der Waals surface area contributed by atoms with Crippen LogP contribution in [-0.4, -0.2) is 25.8 Å². The molecule has 1 N–H and O–H groups in total. The lowest BCUT2D eigenvalue weighted by molar-refractivity contribution is -0.123. The van der Waals surface area contributed by atoms with Crippen LogP contribution in [0.15, 0.2) is 41.5 Å². The molecule has 0 aliphatic rings. The summed E-state index contributed by atoms with van der Waals surface area (Å²) in [4.78, 5) is 11.8. The van der Waals surface area contributed by atoms with E-state index in [4.69, 9.17) is 9.47 Å². The predicted octanol–water partition coefficient (Wildman–Crippen LogP) is 3.15. The molecule has 126 valence electrons. The van der Waals surface area contributed by atoms with Crippen LogP contribution in [0.25, 0.3) is 0 Å². The lowest BCUT2D eigenvalue weighted by atomic mass is 10.0. The Hall–Kier alpha value is -2.82. The lowest BCUT2D eigenvalue weighted by Crippen LogP contribution is -2.24.